The van der Waals surface area contributed by atoms with E-state index < -0.39 is 19.8 Å². The van der Waals surface area contributed by atoms with Gasteiger partial charge in [0.1, 0.15) is 0 Å². The molecule has 0 fully saturated rings. The van der Waals surface area contributed by atoms with Crippen molar-refractivity contribution in [2.45, 2.75) is 6.92 Å². The van der Waals surface area contributed by atoms with Crippen LogP contribution in [0.4, 0.5) is 4.39 Å². The van der Waals surface area contributed by atoms with Gasteiger partial charge in [-0.25, -0.2) is 4.39 Å². The molecule has 0 aliphatic carbocycles. The highest BCUT2D eigenvalue weighted by Crippen LogP contribution is 2.42. The van der Waals surface area contributed by atoms with Crippen LogP contribution in [0.2, 0.25) is 0 Å². The molecule has 0 aliphatic rings. The molecular weight excluding hydrogens is 162 g/mol. The molecule has 0 spiro atoms. The van der Waals surface area contributed by atoms with Crippen LogP contribution >= 0.6 is 7.60 Å². The molecular formula is C4H8FO4P. The molecule has 0 saturated carbocycles. The number of alkyl halides is 1. The summed E-state index contributed by atoms with van der Waals surface area (Å²) >= 11 is 0. The van der Waals surface area contributed by atoms with Gasteiger partial charge in [0.2, 0.25) is 0 Å². The highest BCUT2D eigenvalue weighted by molar-refractivity contribution is 7.71. The summed E-state index contributed by atoms with van der Waals surface area (Å²) in [7, 11) is -4.30. The first-order valence-electron chi connectivity index (χ1n) is 2.61. The zero-order valence-electron chi connectivity index (χ0n) is 5.41. The van der Waals surface area contributed by atoms with Crippen LogP contribution in [0.3, 0.4) is 0 Å². The minimum absolute atomic E-state index is 0.0838. The average Bonchev–Trinajstić information content (AvgIpc) is 1.86. The molecule has 0 aromatic rings. The second-order valence-corrected chi connectivity index (χ2v) is 3.26. The fourth-order valence-corrected chi connectivity index (χ4v) is 0.968. The van der Waals surface area contributed by atoms with E-state index >= 15 is 0 Å². The summed E-state index contributed by atoms with van der Waals surface area (Å²) in [5.74, 6) is 0. The molecule has 0 aromatic carbocycles. The molecule has 0 aromatic heterocycles. The number of carbonyl (C=O) groups excluding carboxylic acids is 1. The lowest BCUT2D eigenvalue weighted by Gasteiger charge is -2.05. The maximum absolute atomic E-state index is 11.4. The number of halogens is 1. The van der Waals surface area contributed by atoms with Crippen molar-refractivity contribution in [1.29, 1.82) is 0 Å². The van der Waals surface area contributed by atoms with E-state index in [4.69, 9.17) is 4.89 Å². The third-order valence-corrected chi connectivity index (χ3v) is 2.09. The lowest BCUT2D eigenvalue weighted by atomic mass is 10.9. The average molecular weight is 170 g/mol. The van der Waals surface area contributed by atoms with E-state index in [0.29, 0.717) is 0 Å². The van der Waals surface area contributed by atoms with E-state index in [9.17, 15) is 13.8 Å². The van der Waals surface area contributed by atoms with E-state index in [-0.39, 0.29) is 6.61 Å². The summed E-state index contributed by atoms with van der Waals surface area (Å²) < 4.78 is 26.0. The molecule has 60 valence electrons. The first kappa shape index (κ1) is 9.75. The lowest BCUT2D eigenvalue weighted by Crippen LogP contribution is -2.04. The number of rotatable bonds is 4. The van der Waals surface area contributed by atoms with E-state index in [1.165, 1.54) is 6.92 Å². The van der Waals surface area contributed by atoms with Crippen molar-refractivity contribution >= 4 is 13.1 Å². The van der Waals surface area contributed by atoms with Crippen LogP contribution in [0.1, 0.15) is 6.92 Å². The summed E-state index contributed by atoms with van der Waals surface area (Å²) in [4.78, 5) is 18.7. The quantitative estimate of drug-likeness (QED) is 0.631. The van der Waals surface area contributed by atoms with E-state index in [1.54, 1.807) is 0 Å². The van der Waals surface area contributed by atoms with Crippen molar-refractivity contribution in [1.82, 2.24) is 0 Å². The molecule has 0 aliphatic heterocycles. The summed E-state index contributed by atoms with van der Waals surface area (Å²) in [5, 5.41) is 0. The highest BCUT2D eigenvalue weighted by Gasteiger charge is 2.29. The van der Waals surface area contributed by atoms with Crippen LogP contribution in [0.25, 0.3) is 0 Å². The standard InChI is InChI=1S/C4H8FO4P/c1-2-9-10(7,8)4(6)3-5/h2-3H2,1H3,(H,7,8). The van der Waals surface area contributed by atoms with Gasteiger partial charge in [-0.2, -0.15) is 0 Å². The third kappa shape index (κ3) is 2.56. The minimum atomic E-state index is -4.30. The summed E-state index contributed by atoms with van der Waals surface area (Å²) in [5.41, 5.74) is -1.39. The molecule has 0 amide bonds. The smallest absolute Gasteiger partial charge is 0.319 e. The number of hydrogen-bond acceptors (Lipinski definition) is 3. The topological polar surface area (TPSA) is 63.6 Å². The van der Waals surface area contributed by atoms with Gasteiger partial charge < -0.3 is 9.42 Å². The molecule has 0 saturated heterocycles. The first-order valence-corrected chi connectivity index (χ1v) is 4.19. The van der Waals surface area contributed by atoms with Crippen LogP contribution in [-0.2, 0) is 13.9 Å². The Kier molecular flexibility index (Phi) is 3.71. The van der Waals surface area contributed by atoms with Crippen molar-refractivity contribution in [3.63, 3.8) is 0 Å². The van der Waals surface area contributed by atoms with Gasteiger partial charge >= 0.3 is 7.60 Å². The molecule has 4 nitrogen and oxygen atoms in total. The Bertz CT molecular complexity index is 169. The summed E-state index contributed by atoms with van der Waals surface area (Å²) in [6.07, 6.45) is 0. The van der Waals surface area contributed by atoms with Gasteiger partial charge in [0.25, 0.3) is 5.52 Å². The maximum Gasteiger partial charge on any atom is 0.396 e. The zero-order valence-corrected chi connectivity index (χ0v) is 6.31. The van der Waals surface area contributed by atoms with E-state index in [2.05, 4.69) is 4.52 Å². The van der Waals surface area contributed by atoms with Gasteiger partial charge in [-0.1, -0.05) is 0 Å². The van der Waals surface area contributed by atoms with Gasteiger partial charge in [0, 0.05) is 0 Å². The summed E-state index contributed by atoms with van der Waals surface area (Å²) in [6.45, 7) is -0.109. The largest absolute Gasteiger partial charge is 0.396 e. The van der Waals surface area contributed by atoms with E-state index in [0.717, 1.165) is 0 Å². The Labute approximate surface area is 57.5 Å². The van der Waals surface area contributed by atoms with Crippen molar-refractivity contribution < 1.29 is 23.2 Å². The van der Waals surface area contributed by atoms with Crippen LogP contribution in [0.5, 0.6) is 0 Å². The molecule has 0 rings (SSSR count). The van der Waals surface area contributed by atoms with Gasteiger partial charge in [0.05, 0.1) is 6.61 Å². The predicted molar refractivity (Wildman–Crippen MR) is 32.4 cm³/mol. The molecule has 0 bridgehead atoms. The number of carbonyl (C=O) groups is 1. The fourth-order valence-electron chi connectivity index (χ4n) is 0.323. The van der Waals surface area contributed by atoms with Crippen molar-refractivity contribution in [2.75, 3.05) is 13.3 Å². The van der Waals surface area contributed by atoms with Crippen molar-refractivity contribution in [2.24, 2.45) is 0 Å². The van der Waals surface area contributed by atoms with Gasteiger partial charge in [-0.3, -0.25) is 9.36 Å². The van der Waals surface area contributed by atoms with Crippen LogP contribution in [0, 0.1) is 0 Å². The Morgan fingerprint density at radius 3 is 2.60 bits per heavy atom. The Morgan fingerprint density at radius 2 is 2.30 bits per heavy atom. The second kappa shape index (κ2) is 3.81. The monoisotopic (exact) mass is 170 g/mol. The van der Waals surface area contributed by atoms with Crippen molar-refractivity contribution in [3.05, 3.63) is 0 Å². The molecule has 1 atom stereocenters. The normalized spacial score (nSPS) is 16.3. The van der Waals surface area contributed by atoms with Crippen LogP contribution in [0.15, 0.2) is 0 Å². The molecule has 10 heavy (non-hydrogen) atoms. The predicted octanol–water partition coefficient (Wildman–Crippen LogP) is 0.704. The van der Waals surface area contributed by atoms with Gasteiger partial charge in [0.15, 0.2) is 6.67 Å². The van der Waals surface area contributed by atoms with Gasteiger partial charge in [-0.05, 0) is 6.92 Å². The second-order valence-electron chi connectivity index (χ2n) is 1.47. The minimum Gasteiger partial charge on any atom is -0.319 e. The third-order valence-electron chi connectivity index (χ3n) is 0.734. The molecule has 0 heterocycles. The lowest BCUT2D eigenvalue weighted by molar-refractivity contribution is -0.114. The van der Waals surface area contributed by atoms with E-state index in [1.807, 2.05) is 0 Å². The summed E-state index contributed by atoms with van der Waals surface area (Å²) in [6, 6.07) is 0. The Morgan fingerprint density at radius 1 is 1.80 bits per heavy atom. The molecule has 0 radical (unpaired) electrons. The van der Waals surface area contributed by atoms with Crippen LogP contribution in [-0.4, -0.2) is 23.7 Å². The zero-order chi connectivity index (χ0) is 8.20. The number of hydrogen-bond donors (Lipinski definition) is 1. The SMILES string of the molecule is CCOP(=O)(O)C(=O)CF. The maximum atomic E-state index is 11.4. The molecule has 1 N–H and O–H groups in total. The molecule has 6 heteroatoms. The van der Waals surface area contributed by atoms with Crippen LogP contribution < -0.4 is 0 Å². The highest BCUT2D eigenvalue weighted by atomic mass is 31.2. The van der Waals surface area contributed by atoms with Crippen molar-refractivity contribution in [3.8, 4) is 0 Å². The fraction of sp³-hybridized carbons (Fsp3) is 0.750. The Hall–Kier alpha value is -0.250. The Balaban J connectivity index is 4.11. The molecule has 1 unspecified atom stereocenters. The first-order chi connectivity index (χ1) is 4.54. The van der Waals surface area contributed by atoms with Gasteiger partial charge in [-0.15, -0.1) is 0 Å².